The fourth-order valence-corrected chi connectivity index (χ4v) is 2.53. The summed E-state index contributed by atoms with van der Waals surface area (Å²) in [5, 5.41) is 12.2. The van der Waals surface area contributed by atoms with E-state index in [4.69, 9.17) is 16.7 Å². The van der Waals surface area contributed by atoms with E-state index in [1.54, 1.807) is 6.92 Å². The van der Waals surface area contributed by atoms with Gasteiger partial charge in [-0.05, 0) is 25.5 Å². The van der Waals surface area contributed by atoms with Crippen molar-refractivity contribution in [2.24, 2.45) is 0 Å². The van der Waals surface area contributed by atoms with Gasteiger partial charge in [0.05, 0.1) is 4.34 Å². The van der Waals surface area contributed by atoms with Crippen molar-refractivity contribution in [2.45, 2.75) is 38.8 Å². The Hall–Kier alpha value is -0.580. The minimum Gasteiger partial charge on any atom is -0.480 e. The Balaban J connectivity index is 2.60. The predicted octanol–water partition coefficient (Wildman–Crippen LogP) is 3.13. The molecule has 5 heteroatoms. The molecule has 1 unspecified atom stereocenters. The largest absolute Gasteiger partial charge is 0.480 e. The smallest absolute Gasteiger partial charge is 0.323 e. The van der Waals surface area contributed by atoms with Crippen molar-refractivity contribution in [2.75, 3.05) is 0 Å². The van der Waals surface area contributed by atoms with Crippen molar-refractivity contribution < 1.29 is 9.90 Å². The molecule has 16 heavy (non-hydrogen) atoms. The summed E-state index contributed by atoms with van der Waals surface area (Å²) in [5.41, 5.74) is -0.856. The lowest BCUT2D eigenvalue weighted by Gasteiger charge is -2.25. The predicted molar refractivity (Wildman–Crippen MR) is 67.1 cm³/mol. The molecule has 90 valence electrons. The van der Waals surface area contributed by atoms with Gasteiger partial charge < -0.3 is 5.11 Å². The molecular weight excluding hydrogens is 246 g/mol. The summed E-state index contributed by atoms with van der Waals surface area (Å²) in [6, 6.07) is 3.73. The molecule has 1 rings (SSSR count). The Kier molecular flexibility index (Phi) is 4.77. The minimum atomic E-state index is -0.856. The first-order valence-corrected chi connectivity index (χ1v) is 6.40. The van der Waals surface area contributed by atoms with Crippen LogP contribution in [0.4, 0.5) is 0 Å². The third-order valence-corrected chi connectivity index (χ3v) is 3.73. The molecule has 0 spiro atoms. The molecular formula is C11H16ClNO2S. The van der Waals surface area contributed by atoms with Crippen LogP contribution >= 0.6 is 22.9 Å². The highest BCUT2D eigenvalue weighted by atomic mass is 35.5. The maximum atomic E-state index is 11.2. The summed E-state index contributed by atoms with van der Waals surface area (Å²) >= 11 is 7.28. The van der Waals surface area contributed by atoms with Crippen LogP contribution in [0.1, 0.15) is 31.6 Å². The molecule has 0 aliphatic carbocycles. The average molecular weight is 262 g/mol. The number of carboxylic acid groups (broad SMARTS) is 1. The lowest BCUT2D eigenvalue weighted by molar-refractivity contribution is -0.144. The lowest BCUT2D eigenvalue weighted by Crippen LogP contribution is -2.48. The molecule has 0 radical (unpaired) electrons. The summed E-state index contributed by atoms with van der Waals surface area (Å²) in [6.07, 6.45) is 1.45. The fraction of sp³-hybridized carbons (Fsp3) is 0.545. The van der Waals surface area contributed by atoms with Crippen LogP contribution in [0.5, 0.6) is 0 Å². The number of hydrogen-bond donors (Lipinski definition) is 2. The maximum Gasteiger partial charge on any atom is 0.323 e. The van der Waals surface area contributed by atoms with Gasteiger partial charge in [-0.15, -0.1) is 11.3 Å². The SMILES string of the molecule is CCCC(C)(NCc1ccc(Cl)s1)C(=O)O. The minimum absolute atomic E-state index is 0.542. The highest BCUT2D eigenvalue weighted by molar-refractivity contribution is 7.16. The van der Waals surface area contributed by atoms with E-state index in [1.165, 1.54) is 11.3 Å². The third kappa shape index (κ3) is 3.47. The average Bonchev–Trinajstić information content (AvgIpc) is 2.61. The van der Waals surface area contributed by atoms with Gasteiger partial charge in [-0.3, -0.25) is 10.1 Å². The number of rotatable bonds is 6. The van der Waals surface area contributed by atoms with Crippen molar-refractivity contribution in [1.29, 1.82) is 0 Å². The normalized spacial score (nSPS) is 14.7. The Labute approximate surface area is 104 Å². The van der Waals surface area contributed by atoms with E-state index in [-0.39, 0.29) is 0 Å². The second-order valence-electron chi connectivity index (χ2n) is 3.95. The van der Waals surface area contributed by atoms with Gasteiger partial charge in [0.2, 0.25) is 0 Å². The molecule has 1 heterocycles. The number of nitrogens with one attached hydrogen (secondary N) is 1. The zero-order chi connectivity index (χ0) is 12.2. The number of carbonyl (C=O) groups is 1. The van der Waals surface area contributed by atoms with E-state index >= 15 is 0 Å². The molecule has 0 aromatic carbocycles. The van der Waals surface area contributed by atoms with E-state index in [2.05, 4.69) is 5.32 Å². The first kappa shape index (κ1) is 13.5. The lowest BCUT2D eigenvalue weighted by atomic mass is 9.96. The number of thiophene rings is 1. The van der Waals surface area contributed by atoms with Gasteiger partial charge in [-0.1, -0.05) is 24.9 Å². The molecule has 1 atom stereocenters. The van der Waals surface area contributed by atoms with E-state index in [1.807, 2.05) is 19.1 Å². The highest BCUT2D eigenvalue weighted by Crippen LogP contribution is 2.22. The molecule has 0 bridgehead atoms. The topological polar surface area (TPSA) is 49.3 Å². The molecule has 0 aliphatic rings. The zero-order valence-corrected chi connectivity index (χ0v) is 11.0. The number of aliphatic carboxylic acids is 1. The molecule has 0 aliphatic heterocycles. The molecule has 0 saturated heterocycles. The summed E-state index contributed by atoms with van der Waals surface area (Å²) < 4.78 is 0.726. The summed E-state index contributed by atoms with van der Waals surface area (Å²) in [5.74, 6) is -0.808. The fourth-order valence-electron chi connectivity index (χ4n) is 1.50. The van der Waals surface area contributed by atoms with Crippen molar-refractivity contribution >= 4 is 28.9 Å². The van der Waals surface area contributed by atoms with E-state index in [9.17, 15) is 4.79 Å². The third-order valence-electron chi connectivity index (χ3n) is 2.50. The molecule has 0 amide bonds. The monoisotopic (exact) mass is 261 g/mol. The van der Waals surface area contributed by atoms with Crippen molar-refractivity contribution in [3.05, 3.63) is 21.3 Å². The second-order valence-corrected chi connectivity index (χ2v) is 5.75. The summed E-state index contributed by atoms with van der Waals surface area (Å²) in [4.78, 5) is 12.2. The number of halogens is 1. The Morgan fingerprint density at radius 1 is 1.62 bits per heavy atom. The number of hydrogen-bond acceptors (Lipinski definition) is 3. The van der Waals surface area contributed by atoms with Gasteiger partial charge >= 0.3 is 5.97 Å². The summed E-state index contributed by atoms with van der Waals surface area (Å²) in [7, 11) is 0. The van der Waals surface area contributed by atoms with Crippen LogP contribution in [0.2, 0.25) is 4.34 Å². The van der Waals surface area contributed by atoms with Gasteiger partial charge in [-0.2, -0.15) is 0 Å². The van der Waals surface area contributed by atoms with Gasteiger partial charge in [-0.25, -0.2) is 0 Å². The van der Waals surface area contributed by atoms with Gasteiger partial charge in [0.25, 0.3) is 0 Å². The molecule has 1 aromatic heterocycles. The van der Waals surface area contributed by atoms with Crippen LogP contribution in [-0.4, -0.2) is 16.6 Å². The van der Waals surface area contributed by atoms with E-state index in [0.29, 0.717) is 13.0 Å². The van der Waals surface area contributed by atoms with Crippen LogP contribution in [0.3, 0.4) is 0 Å². The highest BCUT2D eigenvalue weighted by Gasteiger charge is 2.31. The maximum absolute atomic E-state index is 11.2. The van der Waals surface area contributed by atoms with Crippen molar-refractivity contribution in [1.82, 2.24) is 5.32 Å². The standard InChI is InChI=1S/C11H16ClNO2S/c1-3-6-11(2,10(14)15)13-7-8-4-5-9(12)16-8/h4-5,13H,3,6-7H2,1-2H3,(H,14,15). The quantitative estimate of drug-likeness (QED) is 0.827. The van der Waals surface area contributed by atoms with Crippen LogP contribution in [0, 0.1) is 0 Å². The Morgan fingerprint density at radius 2 is 2.31 bits per heavy atom. The Morgan fingerprint density at radius 3 is 2.75 bits per heavy atom. The number of carboxylic acids is 1. The van der Waals surface area contributed by atoms with Crippen LogP contribution in [-0.2, 0) is 11.3 Å². The van der Waals surface area contributed by atoms with Crippen LogP contribution in [0.25, 0.3) is 0 Å². The molecule has 0 fully saturated rings. The van der Waals surface area contributed by atoms with E-state index < -0.39 is 11.5 Å². The van der Waals surface area contributed by atoms with Gasteiger partial charge in [0, 0.05) is 11.4 Å². The molecule has 3 nitrogen and oxygen atoms in total. The van der Waals surface area contributed by atoms with E-state index in [0.717, 1.165) is 15.6 Å². The molecule has 0 saturated carbocycles. The molecule has 1 aromatic rings. The summed E-state index contributed by atoms with van der Waals surface area (Å²) in [6.45, 7) is 4.24. The zero-order valence-electron chi connectivity index (χ0n) is 9.42. The Bertz CT molecular complexity index is 367. The second kappa shape index (κ2) is 5.66. The first-order chi connectivity index (χ1) is 7.48. The van der Waals surface area contributed by atoms with Gasteiger partial charge in [0.15, 0.2) is 0 Å². The first-order valence-electron chi connectivity index (χ1n) is 5.20. The van der Waals surface area contributed by atoms with Crippen molar-refractivity contribution in [3.63, 3.8) is 0 Å². The van der Waals surface area contributed by atoms with Gasteiger partial charge in [0.1, 0.15) is 5.54 Å². The van der Waals surface area contributed by atoms with Crippen molar-refractivity contribution in [3.8, 4) is 0 Å². The van der Waals surface area contributed by atoms with Crippen LogP contribution < -0.4 is 5.32 Å². The van der Waals surface area contributed by atoms with Crippen LogP contribution in [0.15, 0.2) is 12.1 Å². The molecule has 2 N–H and O–H groups in total.